The molecule has 0 aromatic heterocycles. The first-order valence-corrected chi connectivity index (χ1v) is 8.18. The monoisotopic (exact) mass is 315 g/mol. The minimum Gasteiger partial charge on any atom is -0.392 e. The van der Waals surface area contributed by atoms with E-state index in [2.05, 4.69) is 4.72 Å². The predicted octanol–water partition coefficient (Wildman–Crippen LogP) is 1.10. The van der Waals surface area contributed by atoms with E-state index in [1.807, 2.05) is 0 Å². The molecule has 0 atom stereocenters. The van der Waals surface area contributed by atoms with Gasteiger partial charge >= 0.3 is 0 Å². The van der Waals surface area contributed by atoms with Crippen LogP contribution in [0, 0.1) is 0 Å². The summed E-state index contributed by atoms with van der Waals surface area (Å²) in [4.78, 5) is 0. The summed E-state index contributed by atoms with van der Waals surface area (Å²) in [6.07, 6.45) is 3.20. The Labute approximate surface area is 125 Å². The number of benzene rings is 1. The molecule has 0 heterocycles. The van der Waals surface area contributed by atoms with E-state index >= 15 is 0 Å². The minimum atomic E-state index is -3.48. The topological polar surface area (TPSA) is 84.9 Å². The molecule has 0 unspecified atom stereocenters. The van der Waals surface area contributed by atoms with E-state index in [4.69, 9.17) is 14.6 Å². The van der Waals surface area contributed by atoms with Crippen molar-refractivity contribution in [3.05, 3.63) is 35.9 Å². The zero-order valence-corrected chi connectivity index (χ0v) is 12.8. The Kier molecular flexibility index (Phi) is 7.99. The lowest BCUT2D eigenvalue weighted by Crippen LogP contribution is -2.21. The van der Waals surface area contributed by atoms with Crippen LogP contribution in [0.1, 0.15) is 5.56 Å². The lowest BCUT2D eigenvalue weighted by molar-refractivity contribution is 0.0785. The fourth-order valence-corrected chi connectivity index (χ4v) is 2.51. The molecule has 0 saturated heterocycles. The third kappa shape index (κ3) is 7.24. The van der Waals surface area contributed by atoms with Gasteiger partial charge in [-0.3, -0.25) is 4.72 Å². The van der Waals surface area contributed by atoms with Crippen LogP contribution in [0.25, 0.3) is 6.08 Å². The van der Waals surface area contributed by atoms with Crippen molar-refractivity contribution in [2.45, 2.75) is 0 Å². The number of sulfonamides is 1. The van der Waals surface area contributed by atoms with E-state index in [-0.39, 0.29) is 19.0 Å². The number of methoxy groups -OCH3 is 1. The van der Waals surface area contributed by atoms with Crippen LogP contribution in [0.15, 0.2) is 30.3 Å². The smallest absolute Gasteiger partial charge is 0.235 e. The SMILES string of the molecule is COCCOCCS(=O)(=O)Nc1ccccc1C=CCO. The van der Waals surface area contributed by atoms with E-state index in [1.165, 1.54) is 0 Å². The molecule has 6 nitrogen and oxygen atoms in total. The molecule has 0 fully saturated rings. The van der Waals surface area contributed by atoms with Gasteiger partial charge < -0.3 is 14.6 Å². The van der Waals surface area contributed by atoms with Crippen LogP contribution in [-0.4, -0.2) is 52.8 Å². The third-order valence-corrected chi connectivity index (χ3v) is 3.79. The second kappa shape index (κ2) is 9.51. The maximum absolute atomic E-state index is 12.0. The fraction of sp³-hybridized carbons (Fsp3) is 0.429. The summed E-state index contributed by atoms with van der Waals surface area (Å²) in [5, 5.41) is 8.79. The molecule has 21 heavy (non-hydrogen) atoms. The normalized spacial score (nSPS) is 11.9. The van der Waals surface area contributed by atoms with Gasteiger partial charge in [0.25, 0.3) is 0 Å². The molecule has 1 aromatic rings. The van der Waals surface area contributed by atoms with Crippen LogP contribution in [0.4, 0.5) is 5.69 Å². The number of para-hydroxylation sites is 1. The molecule has 1 rings (SSSR count). The van der Waals surface area contributed by atoms with Crippen LogP contribution in [-0.2, 0) is 19.5 Å². The van der Waals surface area contributed by atoms with Gasteiger partial charge in [0, 0.05) is 7.11 Å². The molecule has 118 valence electrons. The van der Waals surface area contributed by atoms with Crippen molar-refractivity contribution < 1.29 is 23.0 Å². The van der Waals surface area contributed by atoms with E-state index in [1.54, 1.807) is 43.5 Å². The van der Waals surface area contributed by atoms with Crippen LogP contribution in [0.2, 0.25) is 0 Å². The zero-order chi connectivity index (χ0) is 15.6. The first kappa shape index (κ1) is 17.6. The van der Waals surface area contributed by atoms with Crippen molar-refractivity contribution in [1.82, 2.24) is 0 Å². The van der Waals surface area contributed by atoms with Crippen molar-refractivity contribution in [3.63, 3.8) is 0 Å². The van der Waals surface area contributed by atoms with E-state index in [0.717, 1.165) is 0 Å². The summed E-state index contributed by atoms with van der Waals surface area (Å²) in [7, 11) is -1.93. The highest BCUT2D eigenvalue weighted by Gasteiger charge is 2.11. The number of aliphatic hydroxyl groups is 1. The lowest BCUT2D eigenvalue weighted by Gasteiger charge is -2.11. The van der Waals surface area contributed by atoms with Gasteiger partial charge in [-0.25, -0.2) is 8.42 Å². The van der Waals surface area contributed by atoms with Crippen LogP contribution in [0.5, 0.6) is 0 Å². The molecule has 7 heteroatoms. The van der Waals surface area contributed by atoms with Crippen molar-refractivity contribution in [3.8, 4) is 0 Å². The third-order valence-electron chi connectivity index (χ3n) is 2.56. The van der Waals surface area contributed by atoms with Crippen LogP contribution in [0.3, 0.4) is 0 Å². The van der Waals surface area contributed by atoms with Crippen LogP contribution < -0.4 is 4.72 Å². The standard InChI is InChI=1S/C14H21NO5S/c1-19-9-10-20-11-12-21(17,18)15-14-7-3-2-5-13(14)6-4-8-16/h2-7,15-16H,8-12H2,1H3. The average Bonchev–Trinajstić information content (AvgIpc) is 2.46. The summed E-state index contributed by atoms with van der Waals surface area (Å²) in [5.74, 6) is -0.130. The fourth-order valence-electron chi connectivity index (χ4n) is 1.55. The Balaban J connectivity index is 2.60. The summed E-state index contributed by atoms with van der Waals surface area (Å²) in [6.45, 7) is 0.797. The molecule has 0 saturated carbocycles. The first-order valence-electron chi connectivity index (χ1n) is 6.52. The number of nitrogens with one attached hydrogen (secondary N) is 1. The van der Waals surface area contributed by atoms with Gasteiger partial charge in [-0.1, -0.05) is 30.4 Å². The molecule has 0 aliphatic heterocycles. The average molecular weight is 315 g/mol. The number of hydrogen-bond donors (Lipinski definition) is 2. The Hall–Kier alpha value is -1.41. The van der Waals surface area contributed by atoms with Crippen molar-refractivity contribution in [2.75, 3.05) is 44.0 Å². The Bertz CT molecular complexity index is 542. The van der Waals surface area contributed by atoms with Gasteiger partial charge in [-0.15, -0.1) is 0 Å². The van der Waals surface area contributed by atoms with Gasteiger partial charge in [-0.2, -0.15) is 0 Å². The minimum absolute atomic E-state index is 0.103. The Morgan fingerprint density at radius 2 is 2.00 bits per heavy atom. The van der Waals surface area contributed by atoms with E-state index in [0.29, 0.717) is 24.5 Å². The molecule has 0 amide bonds. The van der Waals surface area contributed by atoms with E-state index in [9.17, 15) is 8.42 Å². The molecule has 0 aliphatic carbocycles. The van der Waals surface area contributed by atoms with Gasteiger partial charge in [0.1, 0.15) is 0 Å². The number of aliphatic hydroxyl groups excluding tert-OH is 1. The highest BCUT2D eigenvalue weighted by atomic mass is 32.2. The van der Waals surface area contributed by atoms with Gasteiger partial charge in [-0.05, 0) is 11.6 Å². The van der Waals surface area contributed by atoms with Gasteiger partial charge in [0.15, 0.2) is 0 Å². The number of hydrogen-bond acceptors (Lipinski definition) is 5. The Morgan fingerprint density at radius 1 is 1.24 bits per heavy atom. The molecule has 0 radical (unpaired) electrons. The molecule has 1 aromatic carbocycles. The molecule has 0 bridgehead atoms. The highest BCUT2D eigenvalue weighted by Crippen LogP contribution is 2.18. The lowest BCUT2D eigenvalue weighted by atomic mass is 10.2. The second-order valence-electron chi connectivity index (χ2n) is 4.20. The summed E-state index contributed by atoms with van der Waals surface area (Å²) < 4.78 is 36.4. The maximum Gasteiger partial charge on any atom is 0.235 e. The molecule has 2 N–H and O–H groups in total. The maximum atomic E-state index is 12.0. The van der Waals surface area contributed by atoms with Crippen molar-refractivity contribution in [1.29, 1.82) is 0 Å². The van der Waals surface area contributed by atoms with Crippen molar-refractivity contribution in [2.24, 2.45) is 0 Å². The highest BCUT2D eigenvalue weighted by molar-refractivity contribution is 7.92. The van der Waals surface area contributed by atoms with E-state index < -0.39 is 10.0 Å². The largest absolute Gasteiger partial charge is 0.392 e. The predicted molar refractivity (Wildman–Crippen MR) is 82.7 cm³/mol. The van der Waals surface area contributed by atoms with Crippen LogP contribution >= 0.6 is 0 Å². The summed E-state index contributed by atoms with van der Waals surface area (Å²) >= 11 is 0. The molecule has 0 aliphatic rings. The molecular weight excluding hydrogens is 294 g/mol. The molecular formula is C14H21NO5S. The van der Waals surface area contributed by atoms with Gasteiger partial charge in [0.05, 0.1) is 37.9 Å². The number of ether oxygens (including phenoxy) is 2. The number of rotatable bonds is 10. The quantitative estimate of drug-likeness (QED) is 0.632. The summed E-state index contributed by atoms with van der Waals surface area (Å²) in [6, 6.07) is 6.96. The molecule has 0 spiro atoms. The Morgan fingerprint density at radius 3 is 2.71 bits per heavy atom. The summed E-state index contributed by atoms with van der Waals surface area (Å²) in [5.41, 5.74) is 1.16. The second-order valence-corrected chi connectivity index (χ2v) is 6.04. The van der Waals surface area contributed by atoms with Gasteiger partial charge in [0.2, 0.25) is 10.0 Å². The number of anilines is 1. The first-order chi connectivity index (χ1) is 10.1. The van der Waals surface area contributed by atoms with Crippen molar-refractivity contribution >= 4 is 21.8 Å². The zero-order valence-electron chi connectivity index (χ0n) is 12.0.